The monoisotopic (exact) mass is 966 g/mol. The molecule has 1 radical (unpaired) electrons. The minimum atomic E-state index is -1.91. The van der Waals surface area contributed by atoms with Gasteiger partial charge in [0.05, 0.1) is 8.07 Å². The number of rotatable bonds is 6. The Labute approximate surface area is 337 Å². The van der Waals surface area contributed by atoms with Crippen molar-refractivity contribution in [3.8, 4) is 22.5 Å². The van der Waals surface area contributed by atoms with E-state index in [-0.39, 0.29) is 20.1 Å². The molecule has 6 heteroatoms. The first kappa shape index (κ1) is 37.6. The zero-order valence-corrected chi connectivity index (χ0v) is 38.1. The van der Waals surface area contributed by atoms with Gasteiger partial charge in [0.15, 0.2) is 0 Å². The summed E-state index contributed by atoms with van der Waals surface area (Å²) >= 11 is -0.0769. The Bertz CT molecular complexity index is 2590. The van der Waals surface area contributed by atoms with Crippen molar-refractivity contribution in [2.24, 2.45) is 0 Å². The van der Waals surface area contributed by atoms with E-state index in [0.29, 0.717) is 0 Å². The van der Waals surface area contributed by atoms with Gasteiger partial charge in [-0.2, -0.15) is 0 Å². The van der Waals surface area contributed by atoms with Gasteiger partial charge in [-0.3, -0.25) is 0 Å². The van der Waals surface area contributed by atoms with Crippen molar-refractivity contribution in [2.75, 3.05) is 0 Å². The molecule has 0 N–H and O–H groups in total. The topological polar surface area (TPSA) is 25.8 Å². The summed E-state index contributed by atoms with van der Waals surface area (Å²) in [4.78, 5) is 9.32. The third kappa shape index (κ3) is 8.51. The normalized spacial score (nSPS) is 13.2. The van der Waals surface area contributed by atoms with Crippen molar-refractivity contribution in [1.82, 2.24) is 9.97 Å². The molecule has 8 rings (SSSR count). The number of hydrogen-bond acceptors (Lipinski definition) is 3. The molecule has 1 atom stereocenters. The second kappa shape index (κ2) is 15.9. The molecule has 0 aliphatic rings. The molecule has 0 bridgehead atoms. The Kier molecular flexibility index (Phi) is 11.3. The van der Waals surface area contributed by atoms with Gasteiger partial charge in [-0.15, -0.1) is 35.9 Å². The second-order valence-electron chi connectivity index (χ2n) is 15.7. The molecule has 8 aromatic rings. The van der Waals surface area contributed by atoms with Crippen LogP contribution in [0.3, 0.4) is 0 Å². The fraction of sp³-hybridized carbons (Fsp3) is 0.191. The van der Waals surface area contributed by atoms with Crippen LogP contribution in [0.15, 0.2) is 128 Å². The molecule has 1 unspecified atom stereocenters. The maximum atomic E-state index is 9.35. The summed E-state index contributed by atoms with van der Waals surface area (Å²) in [6.45, 7) is 11.2. The molecule has 0 fully saturated rings. The molecular weight excluding hydrogens is 918 g/mol. The molecule has 53 heavy (non-hydrogen) atoms. The van der Waals surface area contributed by atoms with Crippen LogP contribution < -0.4 is 9.58 Å². The fourth-order valence-electron chi connectivity index (χ4n) is 6.83. The SMILES string of the molecule is Cc1cc(-c2[c-]cccc2)ncc1[Si](C)(C)C.[2H]C(C)(c1ccnc(-c2[c-]ccc3c2sc2c[c]([Ge]([CH3])([CH3])[CH3])ccc23)c1)c1ccc2ccccc2c1.[Ir]. The number of aryl methyl sites for hydroxylation is 1. The van der Waals surface area contributed by atoms with Crippen molar-refractivity contribution in [1.29, 1.82) is 0 Å². The average Bonchev–Trinajstić information content (AvgIpc) is 3.53. The van der Waals surface area contributed by atoms with Crippen LogP contribution in [0.4, 0.5) is 0 Å². The molecule has 0 saturated heterocycles. The van der Waals surface area contributed by atoms with Gasteiger partial charge in [-0.1, -0.05) is 61.6 Å². The minimum absolute atomic E-state index is 0. The molecule has 5 aromatic carbocycles. The van der Waals surface area contributed by atoms with Gasteiger partial charge in [-0.05, 0) is 28.6 Å². The van der Waals surface area contributed by atoms with Gasteiger partial charge in [0, 0.05) is 26.3 Å². The van der Waals surface area contributed by atoms with Crippen LogP contribution in [0.2, 0.25) is 36.9 Å². The Morgan fingerprint density at radius 2 is 1.49 bits per heavy atom. The van der Waals surface area contributed by atoms with E-state index < -0.39 is 27.2 Å². The molecule has 269 valence electrons. The third-order valence-electron chi connectivity index (χ3n) is 9.83. The van der Waals surface area contributed by atoms with E-state index in [2.05, 4.69) is 146 Å². The van der Waals surface area contributed by atoms with Crippen LogP contribution in [0.5, 0.6) is 0 Å². The number of benzene rings is 5. The van der Waals surface area contributed by atoms with Crippen molar-refractivity contribution in [3.05, 3.63) is 156 Å². The van der Waals surface area contributed by atoms with Crippen LogP contribution in [0.25, 0.3) is 53.5 Å². The van der Waals surface area contributed by atoms with Gasteiger partial charge in [0.2, 0.25) is 0 Å². The summed E-state index contributed by atoms with van der Waals surface area (Å²) < 4.78 is 13.4. The Hall–Kier alpha value is -3.71. The number of aromatic nitrogens is 2. The first-order chi connectivity index (χ1) is 25.2. The summed E-state index contributed by atoms with van der Waals surface area (Å²) in [6, 6.07) is 46.8. The van der Waals surface area contributed by atoms with E-state index in [1.54, 1.807) is 0 Å². The molecule has 0 aliphatic carbocycles. The maximum absolute atomic E-state index is 9.35. The zero-order chi connectivity index (χ0) is 37.5. The molecule has 0 aliphatic heterocycles. The average molecular weight is 965 g/mol. The van der Waals surface area contributed by atoms with Gasteiger partial charge < -0.3 is 4.98 Å². The molecule has 0 amide bonds. The summed E-state index contributed by atoms with van der Waals surface area (Å²) in [5, 5.41) is 6.35. The minimum Gasteiger partial charge on any atom is -0.0616 e. The van der Waals surface area contributed by atoms with Crippen molar-refractivity contribution in [2.45, 2.75) is 56.7 Å². The predicted octanol–water partition coefficient (Wildman–Crippen LogP) is 12.2. The van der Waals surface area contributed by atoms with Gasteiger partial charge >= 0.3 is 175 Å². The zero-order valence-electron chi connectivity index (χ0n) is 32.8. The second-order valence-corrected chi connectivity index (χ2v) is 32.4. The van der Waals surface area contributed by atoms with Crippen LogP contribution in [-0.4, -0.2) is 31.3 Å². The summed E-state index contributed by atoms with van der Waals surface area (Å²) in [7, 11) is -1.27. The van der Waals surface area contributed by atoms with Crippen LogP contribution in [0.1, 0.15) is 30.9 Å². The number of thiophene rings is 1. The predicted molar refractivity (Wildman–Crippen MR) is 232 cm³/mol. The Morgan fingerprint density at radius 3 is 2.21 bits per heavy atom. The quantitative estimate of drug-likeness (QED) is 0.123. The van der Waals surface area contributed by atoms with E-state index in [1.807, 2.05) is 60.9 Å². The van der Waals surface area contributed by atoms with Crippen molar-refractivity contribution in [3.63, 3.8) is 0 Å². The van der Waals surface area contributed by atoms with Crippen molar-refractivity contribution >= 4 is 73.2 Å². The van der Waals surface area contributed by atoms with Crippen molar-refractivity contribution < 1.29 is 21.5 Å². The van der Waals surface area contributed by atoms with Gasteiger partial charge in [0.25, 0.3) is 0 Å². The van der Waals surface area contributed by atoms with E-state index in [4.69, 9.17) is 4.98 Å². The molecule has 0 spiro atoms. The number of fused-ring (bicyclic) bond motifs is 4. The standard InChI is InChI=1S/C32H28GeNS.C15H18NSi.Ir/c1-21(23-13-12-22-8-5-6-9-25(22)18-23)24-16-17-34-30(19-24)29-11-7-10-28-27-15-14-26(33(2,3)4)20-31(27)35-32(28)29;1-12-10-14(13-8-6-5-7-9-13)16-11-15(12)17(2,3)4;/h5-10,12-21H,1-4H3;5-8,10-11H,1-4H3;/q2*-1;/i21D;;. The first-order valence-electron chi connectivity index (χ1n) is 18.5. The Morgan fingerprint density at radius 1 is 0.736 bits per heavy atom. The molecular formula is C47H46GeIrN2SSi-2. The van der Waals surface area contributed by atoms with Gasteiger partial charge in [0.1, 0.15) is 0 Å². The number of nitrogens with zero attached hydrogens (tertiary/aromatic N) is 2. The van der Waals surface area contributed by atoms with E-state index in [0.717, 1.165) is 39.0 Å². The fourth-order valence-corrected chi connectivity index (χ4v) is 12.4. The number of pyridine rings is 2. The van der Waals surface area contributed by atoms with E-state index >= 15 is 0 Å². The van der Waals surface area contributed by atoms with Crippen LogP contribution >= 0.6 is 11.3 Å². The van der Waals surface area contributed by atoms with Crippen LogP contribution in [0, 0.1) is 19.1 Å². The van der Waals surface area contributed by atoms with E-state index in [1.165, 1.54) is 40.7 Å². The Balaban J connectivity index is 0.000000233. The molecule has 3 heterocycles. The molecule has 2 nitrogen and oxygen atoms in total. The molecule has 0 saturated carbocycles. The number of hydrogen-bond donors (Lipinski definition) is 0. The smallest absolute Gasteiger partial charge is 0.0616 e. The summed E-state index contributed by atoms with van der Waals surface area (Å²) in [6.07, 6.45) is 3.89. The third-order valence-corrected chi connectivity index (χ3v) is 17.4. The van der Waals surface area contributed by atoms with Crippen LogP contribution in [-0.2, 0) is 20.1 Å². The van der Waals surface area contributed by atoms with Gasteiger partial charge in [-0.25, -0.2) is 0 Å². The first-order valence-corrected chi connectivity index (χ1v) is 29.6. The van der Waals surface area contributed by atoms with E-state index in [9.17, 15) is 1.37 Å². The molecule has 3 aromatic heterocycles. The summed E-state index contributed by atoms with van der Waals surface area (Å²) in [5.74, 6) is 6.42. The summed E-state index contributed by atoms with van der Waals surface area (Å²) in [5.41, 5.74) is 7.23.